The summed E-state index contributed by atoms with van der Waals surface area (Å²) in [5, 5.41) is 6.31. The van der Waals surface area contributed by atoms with Crippen molar-refractivity contribution in [2.75, 3.05) is 25.2 Å². The minimum atomic E-state index is -3.81. The number of allylic oxidation sites excluding steroid dienone is 1. The van der Waals surface area contributed by atoms with Crippen molar-refractivity contribution in [1.29, 1.82) is 0 Å². The second-order valence-corrected chi connectivity index (χ2v) is 14.3. The Balaban J connectivity index is 1.72. The first-order chi connectivity index (χ1) is 18.1. The molecule has 1 saturated heterocycles. The molecule has 2 unspecified atom stereocenters. The average molecular weight is 552 g/mol. The summed E-state index contributed by atoms with van der Waals surface area (Å²) in [5.41, 5.74) is 3.86. The van der Waals surface area contributed by atoms with Gasteiger partial charge in [0.15, 0.2) is 0 Å². The molecule has 0 radical (unpaired) electrons. The molecule has 0 aliphatic carbocycles. The minimum Gasteiger partial charge on any atom is -0.376 e. The third-order valence-electron chi connectivity index (χ3n) is 7.27. The van der Waals surface area contributed by atoms with Gasteiger partial charge < -0.3 is 14.2 Å². The second-order valence-electron chi connectivity index (χ2n) is 10.2. The van der Waals surface area contributed by atoms with Crippen molar-refractivity contribution < 1.29 is 17.7 Å². The normalized spacial score (nSPS) is 21.3. The number of nitrogens with zero attached hydrogens (tertiary/aromatic N) is 2. The highest BCUT2D eigenvalue weighted by molar-refractivity contribution is 7.89. The maximum absolute atomic E-state index is 11.8. The summed E-state index contributed by atoms with van der Waals surface area (Å²) < 4.78 is 41.7. The lowest BCUT2D eigenvalue weighted by atomic mass is 9.84. The Morgan fingerprint density at radius 2 is 1.76 bits per heavy atom. The second kappa shape index (κ2) is 10.4. The van der Waals surface area contributed by atoms with Gasteiger partial charge in [0, 0.05) is 41.6 Å². The van der Waals surface area contributed by atoms with Crippen molar-refractivity contribution >= 4 is 34.0 Å². The van der Waals surface area contributed by atoms with Crippen LogP contribution < -0.4 is 15.3 Å². The Morgan fingerprint density at radius 1 is 1.08 bits per heavy atom. The molecule has 2 atom stereocenters. The number of ether oxygens (including phenoxy) is 1. The number of hydrogen-bond donors (Lipinski definition) is 1. The summed E-state index contributed by atoms with van der Waals surface area (Å²) in [4.78, 5) is 2.27. The van der Waals surface area contributed by atoms with Gasteiger partial charge in [-0.15, -0.1) is 0 Å². The first-order valence-electron chi connectivity index (χ1n) is 12.7. The number of sulfonamides is 1. The van der Waals surface area contributed by atoms with Crippen LogP contribution >= 0.6 is 7.28 Å². The molecule has 0 spiro atoms. The van der Waals surface area contributed by atoms with Crippen molar-refractivity contribution in [3.8, 4) is 0 Å². The van der Waals surface area contributed by atoms with E-state index in [1.165, 1.54) is 17.7 Å². The monoisotopic (exact) mass is 551 g/mol. The number of rotatable bonds is 7. The zero-order valence-electron chi connectivity index (χ0n) is 21.9. The molecule has 0 bridgehead atoms. The Kier molecular flexibility index (Phi) is 7.37. The van der Waals surface area contributed by atoms with Crippen LogP contribution in [0.2, 0.25) is 0 Å². The maximum atomic E-state index is 11.8. The van der Waals surface area contributed by atoms with E-state index in [4.69, 9.17) is 19.1 Å². The van der Waals surface area contributed by atoms with E-state index in [2.05, 4.69) is 68.0 Å². The fourth-order valence-corrected chi connectivity index (χ4v) is 8.60. The molecule has 3 aromatic carbocycles. The third kappa shape index (κ3) is 5.24. The van der Waals surface area contributed by atoms with Crippen LogP contribution in [-0.4, -0.2) is 34.8 Å². The maximum Gasteiger partial charge on any atom is 0.238 e. The van der Waals surface area contributed by atoms with Crippen molar-refractivity contribution in [3.05, 3.63) is 95.9 Å². The summed E-state index contributed by atoms with van der Waals surface area (Å²) in [6.45, 7) is 5.61. The standard InChI is InChI=1S/C29H34N3O4PS/c1-29(2)26-13-7-8-14-27(26)32(3)28(29)21-37(24-11-5-4-6-12-24,36-20-23-10-9-19-35-23)31-22-15-17-25(18-16-22)38(30,33)34/h4-8,11-18,21,23H,9-10,19-20H2,1-3H3,(H2,30,33,34)/b28-21-. The van der Waals surface area contributed by atoms with Crippen LogP contribution in [0.5, 0.6) is 0 Å². The average Bonchev–Trinajstić information content (AvgIpc) is 3.49. The number of hydrogen-bond acceptors (Lipinski definition) is 6. The van der Waals surface area contributed by atoms with E-state index < -0.39 is 17.3 Å². The van der Waals surface area contributed by atoms with Crippen molar-refractivity contribution in [3.63, 3.8) is 0 Å². The van der Waals surface area contributed by atoms with Crippen molar-refractivity contribution in [1.82, 2.24) is 0 Å². The first kappa shape index (κ1) is 26.9. The number of primary sulfonamides is 1. The van der Waals surface area contributed by atoms with Gasteiger partial charge in [-0.3, -0.25) is 0 Å². The molecule has 7 nitrogen and oxygen atoms in total. The highest BCUT2D eigenvalue weighted by Gasteiger charge is 2.40. The zero-order valence-corrected chi connectivity index (χ0v) is 23.7. The van der Waals surface area contributed by atoms with Gasteiger partial charge in [0.05, 0.1) is 23.3 Å². The number of benzene rings is 3. The molecular formula is C29H34N3O4PS. The number of fused-ring (bicyclic) bond motifs is 1. The lowest BCUT2D eigenvalue weighted by Gasteiger charge is -2.30. The van der Waals surface area contributed by atoms with E-state index in [0.29, 0.717) is 12.3 Å². The molecule has 2 heterocycles. The Morgan fingerprint density at radius 3 is 2.39 bits per heavy atom. The molecule has 2 aliphatic heterocycles. The van der Waals surface area contributed by atoms with Gasteiger partial charge in [-0.2, -0.15) is 0 Å². The van der Waals surface area contributed by atoms with Crippen LogP contribution in [0.4, 0.5) is 11.4 Å². The Bertz CT molecular complexity index is 1500. The number of para-hydroxylation sites is 1. The van der Waals surface area contributed by atoms with Gasteiger partial charge in [-0.25, -0.2) is 18.3 Å². The summed E-state index contributed by atoms with van der Waals surface area (Å²) in [7, 11) is -4.54. The van der Waals surface area contributed by atoms with Gasteiger partial charge in [-0.05, 0) is 48.7 Å². The number of anilines is 1. The number of likely N-dealkylation sites (N-methyl/N-ethyl adjacent to an activating group) is 1. The molecule has 200 valence electrons. The van der Waals surface area contributed by atoms with E-state index in [-0.39, 0.29) is 16.4 Å². The van der Waals surface area contributed by atoms with Crippen LogP contribution in [0.1, 0.15) is 32.3 Å². The van der Waals surface area contributed by atoms with Crippen LogP contribution in [0, 0.1) is 0 Å². The molecule has 2 aliphatic rings. The summed E-state index contributed by atoms with van der Waals surface area (Å²) in [6, 6.07) is 24.9. The first-order valence-corrected chi connectivity index (χ1v) is 16.0. The fraction of sp³-hybridized carbons (Fsp3) is 0.310. The molecule has 1 fully saturated rings. The zero-order chi connectivity index (χ0) is 27.0. The van der Waals surface area contributed by atoms with E-state index in [1.807, 2.05) is 18.2 Å². The molecule has 0 aromatic heterocycles. The van der Waals surface area contributed by atoms with Crippen LogP contribution in [0.25, 0.3) is 0 Å². The number of nitrogens with two attached hydrogens (primary N) is 1. The third-order valence-corrected chi connectivity index (χ3v) is 10.9. The topological polar surface area (TPSA) is 94.2 Å². The molecule has 0 amide bonds. The molecule has 0 saturated carbocycles. The van der Waals surface area contributed by atoms with E-state index in [0.717, 1.165) is 36.1 Å². The minimum absolute atomic E-state index is 0.0166. The fourth-order valence-electron chi connectivity index (χ4n) is 5.19. The van der Waals surface area contributed by atoms with Gasteiger partial charge in [-0.1, -0.05) is 62.4 Å². The Hall–Kier alpha value is -2.74. The Labute approximate surface area is 225 Å². The van der Waals surface area contributed by atoms with Crippen LogP contribution in [0.15, 0.2) is 100 Å². The predicted octanol–water partition coefficient (Wildman–Crippen LogP) is 5.87. The quantitative estimate of drug-likeness (QED) is 0.371. The SMILES string of the molecule is CN1/C(=C\P(=Nc2ccc(S(N)(=O)=O)cc2)(OCC2CCCO2)c2ccccc2)C(C)(C)c2ccccc21. The van der Waals surface area contributed by atoms with E-state index >= 15 is 0 Å². The summed E-state index contributed by atoms with van der Waals surface area (Å²) in [6.07, 6.45) is 1.98. The smallest absolute Gasteiger partial charge is 0.238 e. The molecule has 5 rings (SSSR count). The summed E-state index contributed by atoms with van der Waals surface area (Å²) in [5.74, 6) is 2.21. The van der Waals surface area contributed by atoms with Gasteiger partial charge in [0.2, 0.25) is 10.0 Å². The molecule has 2 N–H and O–H groups in total. The lowest BCUT2D eigenvalue weighted by molar-refractivity contribution is 0.0723. The van der Waals surface area contributed by atoms with E-state index in [9.17, 15) is 8.42 Å². The van der Waals surface area contributed by atoms with E-state index in [1.54, 1.807) is 12.1 Å². The molecular weight excluding hydrogens is 517 g/mol. The van der Waals surface area contributed by atoms with Gasteiger partial charge in [0.25, 0.3) is 0 Å². The van der Waals surface area contributed by atoms with Crippen LogP contribution in [0.3, 0.4) is 0 Å². The molecule has 38 heavy (non-hydrogen) atoms. The van der Waals surface area contributed by atoms with Crippen molar-refractivity contribution in [2.45, 2.75) is 43.1 Å². The predicted molar refractivity (Wildman–Crippen MR) is 154 cm³/mol. The molecule has 3 aromatic rings. The van der Waals surface area contributed by atoms with Gasteiger partial charge >= 0.3 is 0 Å². The largest absolute Gasteiger partial charge is 0.376 e. The van der Waals surface area contributed by atoms with Gasteiger partial charge in [0.1, 0.15) is 7.28 Å². The summed E-state index contributed by atoms with van der Waals surface area (Å²) >= 11 is 0. The molecule has 9 heteroatoms. The lowest BCUT2D eigenvalue weighted by Crippen LogP contribution is -2.24. The highest BCUT2D eigenvalue weighted by Crippen LogP contribution is 2.58. The van der Waals surface area contributed by atoms with Crippen molar-refractivity contribution in [2.24, 2.45) is 9.88 Å². The van der Waals surface area contributed by atoms with Crippen LogP contribution in [-0.2, 0) is 24.7 Å². The highest BCUT2D eigenvalue weighted by atomic mass is 32.2.